The average Bonchev–Trinajstić information content (AvgIpc) is 2.42. The molecule has 0 unspecified atom stereocenters. The maximum atomic E-state index is 11.6. The molecule has 0 bridgehead atoms. The molecule has 1 aromatic carbocycles. The fourth-order valence-corrected chi connectivity index (χ4v) is 1.61. The Hall–Kier alpha value is -2.24. The highest BCUT2D eigenvalue weighted by atomic mass is 16.7. The molecule has 0 aliphatic carbocycles. The van der Waals surface area contributed by atoms with Crippen molar-refractivity contribution >= 4 is 17.9 Å². The first-order chi connectivity index (χ1) is 8.97. The van der Waals surface area contributed by atoms with Gasteiger partial charge in [-0.3, -0.25) is 4.90 Å². The summed E-state index contributed by atoms with van der Waals surface area (Å²) in [6.07, 6.45) is -0.482. The van der Waals surface area contributed by atoms with Crippen molar-refractivity contribution in [2.24, 2.45) is 0 Å². The SMILES string of the molecule is CCc1cc(CC)cc(N(C)C(=O)ONC(=O)O)c1. The maximum absolute atomic E-state index is 11.6. The van der Waals surface area contributed by atoms with Gasteiger partial charge in [-0.2, -0.15) is 0 Å². The number of hydroxylamine groups is 1. The summed E-state index contributed by atoms with van der Waals surface area (Å²) >= 11 is 0. The molecule has 0 aliphatic rings. The Kier molecular flexibility index (Phi) is 5.17. The Morgan fingerprint density at radius 2 is 1.74 bits per heavy atom. The molecule has 0 heterocycles. The lowest BCUT2D eigenvalue weighted by atomic mass is 10.1. The summed E-state index contributed by atoms with van der Waals surface area (Å²) in [6.45, 7) is 4.06. The standard InChI is InChI=1S/C13H18N2O4/c1-4-9-6-10(5-2)8-11(7-9)15(3)13(18)19-14-12(16)17/h6-8,14H,4-5H2,1-3H3,(H,16,17). The van der Waals surface area contributed by atoms with Crippen molar-refractivity contribution in [2.75, 3.05) is 11.9 Å². The number of benzene rings is 1. The van der Waals surface area contributed by atoms with Gasteiger partial charge in [0.05, 0.1) is 0 Å². The van der Waals surface area contributed by atoms with E-state index >= 15 is 0 Å². The first-order valence-electron chi connectivity index (χ1n) is 6.04. The largest absolute Gasteiger partial charge is 0.463 e. The van der Waals surface area contributed by atoms with E-state index in [1.54, 1.807) is 5.48 Å². The lowest BCUT2D eigenvalue weighted by Gasteiger charge is -2.18. The first-order valence-corrected chi connectivity index (χ1v) is 6.04. The van der Waals surface area contributed by atoms with Gasteiger partial charge in [-0.05, 0) is 36.1 Å². The number of aryl methyl sites for hydroxylation is 2. The third kappa shape index (κ3) is 4.17. The molecule has 2 amide bonds. The molecule has 1 rings (SSSR count). The number of anilines is 1. The number of hydrogen-bond donors (Lipinski definition) is 2. The molecule has 0 aliphatic heterocycles. The van der Waals surface area contributed by atoms with Gasteiger partial charge in [0.1, 0.15) is 0 Å². The molecule has 0 saturated heterocycles. The van der Waals surface area contributed by atoms with Crippen LogP contribution in [-0.4, -0.2) is 24.3 Å². The number of carbonyl (C=O) groups is 2. The first kappa shape index (κ1) is 14.8. The van der Waals surface area contributed by atoms with Crippen LogP contribution in [0.1, 0.15) is 25.0 Å². The second-order valence-corrected chi connectivity index (χ2v) is 4.05. The third-order valence-electron chi connectivity index (χ3n) is 2.74. The number of nitrogens with zero attached hydrogens (tertiary/aromatic N) is 1. The molecule has 0 fully saturated rings. The molecule has 2 N–H and O–H groups in total. The minimum absolute atomic E-state index is 0.674. The maximum Gasteiger partial charge on any atom is 0.438 e. The number of nitrogens with one attached hydrogen (secondary N) is 1. The molecule has 6 nitrogen and oxygen atoms in total. The minimum Gasteiger partial charge on any atom is -0.463 e. The molecule has 0 saturated carbocycles. The van der Waals surface area contributed by atoms with Crippen molar-refractivity contribution in [1.29, 1.82) is 0 Å². The molecular formula is C13H18N2O4. The Morgan fingerprint density at radius 1 is 1.21 bits per heavy atom. The zero-order chi connectivity index (χ0) is 14.4. The van der Waals surface area contributed by atoms with Crippen LogP contribution >= 0.6 is 0 Å². The molecule has 19 heavy (non-hydrogen) atoms. The number of amides is 2. The molecule has 0 spiro atoms. The average molecular weight is 266 g/mol. The van der Waals surface area contributed by atoms with Gasteiger partial charge in [0.15, 0.2) is 0 Å². The normalized spacial score (nSPS) is 9.84. The van der Waals surface area contributed by atoms with E-state index in [9.17, 15) is 9.59 Å². The van der Waals surface area contributed by atoms with Gasteiger partial charge in [0.2, 0.25) is 0 Å². The van der Waals surface area contributed by atoms with E-state index < -0.39 is 12.2 Å². The van der Waals surface area contributed by atoms with Gasteiger partial charge in [0.25, 0.3) is 0 Å². The summed E-state index contributed by atoms with van der Waals surface area (Å²) in [4.78, 5) is 27.5. The van der Waals surface area contributed by atoms with Gasteiger partial charge in [-0.25, -0.2) is 9.59 Å². The molecule has 0 radical (unpaired) electrons. The Balaban J connectivity index is 2.88. The topological polar surface area (TPSA) is 78.9 Å². The highest BCUT2D eigenvalue weighted by Crippen LogP contribution is 2.20. The van der Waals surface area contributed by atoms with E-state index in [-0.39, 0.29) is 0 Å². The fourth-order valence-electron chi connectivity index (χ4n) is 1.61. The van der Waals surface area contributed by atoms with E-state index in [2.05, 4.69) is 10.9 Å². The summed E-state index contributed by atoms with van der Waals surface area (Å²) in [5.74, 6) is 0. The lowest BCUT2D eigenvalue weighted by Crippen LogP contribution is -2.34. The van der Waals surface area contributed by atoms with Gasteiger partial charge >= 0.3 is 12.2 Å². The van der Waals surface area contributed by atoms with Crippen LogP contribution < -0.4 is 10.4 Å². The van der Waals surface area contributed by atoms with Gasteiger partial charge in [-0.1, -0.05) is 19.9 Å². The number of hydrogen-bond acceptors (Lipinski definition) is 3. The van der Waals surface area contributed by atoms with Crippen LogP contribution in [0, 0.1) is 0 Å². The molecule has 0 atom stereocenters. The summed E-state index contributed by atoms with van der Waals surface area (Å²) in [6, 6.07) is 5.83. The molecule has 104 valence electrons. The smallest absolute Gasteiger partial charge is 0.438 e. The van der Waals surface area contributed by atoms with Crippen molar-refractivity contribution < 1.29 is 19.5 Å². The Morgan fingerprint density at radius 3 is 2.16 bits per heavy atom. The summed E-state index contributed by atoms with van der Waals surface area (Å²) < 4.78 is 0. The number of carboxylic acid groups (broad SMARTS) is 1. The predicted molar refractivity (Wildman–Crippen MR) is 71.2 cm³/mol. The van der Waals surface area contributed by atoms with Crippen LogP contribution in [0.2, 0.25) is 0 Å². The van der Waals surface area contributed by atoms with Crippen LogP contribution in [0.15, 0.2) is 18.2 Å². The Labute approximate surface area is 111 Å². The highest BCUT2D eigenvalue weighted by molar-refractivity contribution is 5.87. The van der Waals surface area contributed by atoms with Crippen molar-refractivity contribution in [3.8, 4) is 0 Å². The number of rotatable bonds is 3. The predicted octanol–water partition coefficient (Wildman–Crippen LogP) is 2.57. The van der Waals surface area contributed by atoms with Crippen molar-refractivity contribution in [2.45, 2.75) is 26.7 Å². The van der Waals surface area contributed by atoms with E-state index in [4.69, 9.17) is 5.11 Å². The number of carbonyl (C=O) groups excluding carboxylic acids is 1. The van der Waals surface area contributed by atoms with Gasteiger partial charge in [0, 0.05) is 12.7 Å². The molecule has 6 heteroatoms. The second-order valence-electron chi connectivity index (χ2n) is 4.05. The Bertz CT molecular complexity index is 451. The summed E-state index contributed by atoms with van der Waals surface area (Å²) in [5, 5.41) is 8.37. The van der Waals surface area contributed by atoms with E-state index in [0.29, 0.717) is 5.69 Å². The minimum atomic E-state index is -1.42. The van der Waals surface area contributed by atoms with Gasteiger partial charge < -0.3 is 9.94 Å². The molecule has 1 aromatic rings. The van der Waals surface area contributed by atoms with Crippen LogP contribution in [0.4, 0.5) is 15.3 Å². The second kappa shape index (κ2) is 6.63. The van der Waals surface area contributed by atoms with Crippen LogP contribution in [0.3, 0.4) is 0 Å². The van der Waals surface area contributed by atoms with Crippen LogP contribution in [-0.2, 0) is 17.7 Å². The monoisotopic (exact) mass is 266 g/mol. The molecular weight excluding hydrogens is 248 g/mol. The van der Waals surface area contributed by atoms with E-state index in [1.807, 2.05) is 26.0 Å². The third-order valence-corrected chi connectivity index (χ3v) is 2.74. The highest BCUT2D eigenvalue weighted by Gasteiger charge is 2.15. The zero-order valence-corrected chi connectivity index (χ0v) is 11.3. The van der Waals surface area contributed by atoms with Crippen LogP contribution in [0.25, 0.3) is 0 Å². The zero-order valence-electron chi connectivity index (χ0n) is 11.3. The van der Waals surface area contributed by atoms with Crippen molar-refractivity contribution in [3.63, 3.8) is 0 Å². The fraction of sp³-hybridized carbons (Fsp3) is 0.385. The lowest BCUT2D eigenvalue weighted by molar-refractivity contribution is 0.0867. The van der Waals surface area contributed by atoms with E-state index in [0.717, 1.165) is 24.0 Å². The van der Waals surface area contributed by atoms with Gasteiger partial charge in [-0.15, -0.1) is 5.48 Å². The van der Waals surface area contributed by atoms with Crippen LogP contribution in [0.5, 0.6) is 0 Å². The summed E-state index contributed by atoms with van der Waals surface area (Å²) in [7, 11) is 1.53. The van der Waals surface area contributed by atoms with Crippen molar-refractivity contribution in [1.82, 2.24) is 5.48 Å². The summed E-state index contributed by atoms with van der Waals surface area (Å²) in [5.41, 5.74) is 4.48. The quantitative estimate of drug-likeness (QED) is 0.824. The molecule has 0 aromatic heterocycles. The van der Waals surface area contributed by atoms with E-state index in [1.165, 1.54) is 11.9 Å². The van der Waals surface area contributed by atoms with Crippen molar-refractivity contribution in [3.05, 3.63) is 29.3 Å².